The Labute approximate surface area is 101 Å². The second-order valence-electron chi connectivity index (χ2n) is 4.51. The van der Waals surface area contributed by atoms with Crippen LogP contribution in [-0.4, -0.2) is 6.04 Å². The molecule has 1 aromatic rings. The maximum atomic E-state index is 13.6. The summed E-state index contributed by atoms with van der Waals surface area (Å²) in [4.78, 5) is 0. The molecule has 0 spiro atoms. The van der Waals surface area contributed by atoms with Crippen LogP contribution in [-0.2, 0) is 0 Å². The average molecular weight is 237 g/mol. The Morgan fingerprint density at radius 1 is 1.24 bits per heavy atom. The Kier molecular flexibility index (Phi) is 3.89. The molecular weight excluding hydrogens is 220 g/mol. The molecule has 1 nitrogen and oxygen atoms in total. The van der Waals surface area contributed by atoms with Gasteiger partial charge in [-0.15, -0.1) is 0 Å². The van der Waals surface area contributed by atoms with Crippen LogP contribution in [0.2, 0.25) is 0 Å². The highest BCUT2D eigenvalue weighted by Crippen LogP contribution is 2.22. The SMILES string of the molecule is CC(NC1CC=CCC1)c1c(F)cccc1F. The largest absolute Gasteiger partial charge is 0.307 e. The summed E-state index contributed by atoms with van der Waals surface area (Å²) in [5.41, 5.74) is 0.141. The van der Waals surface area contributed by atoms with E-state index in [1.807, 2.05) is 0 Å². The molecule has 0 bridgehead atoms. The molecule has 1 aliphatic rings. The average Bonchev–Trinajstić information content (AvgIpc) is 2.30. The van der Waals surface area contributed by atoms with E-state index in [1.165, 1.54) is 18.2 Å². The molecule has 0 radical (unpaired) electrons. The quantitative estimate of drug-likeness (QED) is 0.790. The van der Waals surface area contributed by atoms with Crippen molar-refractivity contribution in [2.45, 2.75) is 38.3 Å². The number of allylic oxidation sites excluding steroid dienone is 1. The first kappa shape index (κ1) is 12.2. The molecule has 17 heavy (non-hydrogen) atoms. The Bertz CT molecular complexity index is 394. The number of halogens is 2. The fraction of sp³-hybridized carbons (Fsp3) is 0.429. The summed E-state index contributed by atoms with van der Waals surface area (Å²) in [5.74, 6) is -0.951. The normalized spacial score (nSPS) is 21.5. The Morgan fingerprint density at radius 2 is 1.94 bits per heavy atom. The summed E-state index contributed by atoms with van der Waals surface area (Å²) in [5, 5.41) is 3.29. The van der Waals surface area contributed by atoms with Crippen molar-refractivity contribution in [1.29, 1.82) is 0 Å². The van der Waals surface area contributed by atoms with Gasteiger partial charge in [-0.05, 0) is 38.3 Å². The minimum atomic E-state index is -0.476. The fourth-order valence-electron chi connectivity index (χ4n) is 2.31. The monoisotopic (exact) mass is 237 g/mol. The van der Waals surface area contributed by atoms with E-state index in [1.54, 1.807) is 6.92 Å². The summed E-state index contributed by atoms with van der Waals surface area (Å²) in [6.07, 6.45) is 7.25. The zero-order valence-corrected chi connectivity index (χ0v) is 9.92. The molecule has 0 saturated heterocycles. The van der Waals surface area contributed by atoms with Crippen molar-refractivity contribution >= 4 is 0 Å². The summed E-state index contributed by atoms with van der Waals surface area (Å²) in [6.45, 7) is 1.81. The van der Waals surface area contributed by atoms with Crippen LogP contribution in [0.4, 0.5) is 8.78 Å². The smallest absolute Gasteiger partial charge is 0.130 e. The maximum Gasteiger partial charge on any atom is 0.130 e. The minimum Gasteiger partial charge on any atom is -0.307 e. The first-order chi connectivity index (χ1) is 8.18. The highest BCUT2D eigenvalue weighted by atomic mass is 19.1. The van der Waals surface area contributed by atoms with Gasteiger partial charge in [-0.2, -0.15) is 0 Å². The topological polar surface area (TPSA) is 12.0 Å². The third-order valence-electron chi connectivity index (χ3n) is 3.19. The maximum absolute atomic E-state index is 13.6. The second kappa shape index (κ2) is 5.41. The summed E-state index contributed by atoms with van der Waals surface area (Å²) < 4.78 is 27.1. The van der Waals surface area contributed by atoms with Crippen molar-refractivity contribution in [3.63, 3.8) is 0 Å². The van der Waals surface area contributed by atoms with Gasteiger partial charge in [0.15, 0.2) is 0 Å². The third kappa shape index (κ3) is 2.91. The van der Waals surface area contributed by atoms with Crippen LogP contribution in [0, 0.1) is 11.6 Å². The molecule has 0 heterocycles. The van der Waals surface area contributed by atoms with Crippen molar-refractivity contribution in [3.8, 4) is 0 Å². The van der Waals surface area contributed by atoms with Crippen molar-refractivity contribution in [1.82, 2.24) is 5.32 Å². The second-order valence-corrected chi connectivity index (χ2v) is 4.51. The zero-order chi connectivity index (χ0) is 12.3. The summed E-state index contributed by atoms with van der Waals surface area (Å²) in [6, 6.07) is 4.01. The molecule has 0 saturated carbocycles. The van der Waals surface area contributed by atoms with Crippen molar-refractivity contribution in [2.24, 2.45) is 0 Å². The first-order valence-electron chi connectivity index (χ1n) is 6.03. The standard InChI is InChI=1S/C14H17F2N/c1-10(17-11-6-3-2-4-7-11)14-12(15)8-5-9-13(14)16/h2-3,5,8-11,17H,4,6-7H2,1H3. The molecule has 92 valence electrons. The van der Waals surface area contributed by atoms with Crippen LogP contribution < -0.4 is 5.32 Å². The molecular formula is C14H17F2N. The van der Waals surface area contributed by atoms with E-state index in [4.69, 9.17) is 0 Å². The van der Waals surface area contributed by atoms with Gasteiger partial charge in [-0.1, -0.05) is 18.2 Å². The molecule has 0 aliphatic heterocycles. The van der Waals surface area contributed by atoms with Crippen LogP contribution in [0.1, 0.15) is 37.8 Å². The highest BCUT2D eigenvalue weighted by molar-refractivity contribution is 5.23. The molecule has 1 aliphatic carbocycles. The van der Waals surface area contributed by atoms with Crippen LogP contribution in [0.3, 0.4) is 0 Å². The van der Waals surface area contributed by atoms with Gasteiger partial charge < -0.3 is 5.32 Å². The highest BCUT2D eigenvalue weighted by Gasteiger charge is 2.19. The van der Waals surface area contributed by atoms with Gasteiger partial charge >= 0.3 is 0 Å². The molecule has 1 N–H and O–H groups in total. The number of benzene rings is 1. The van der Waals surface area contributed by atoms with E-state index < -0.39 is 11.6 Å². The van der Waals surface area contributed by atoms with Crippen molar-refractivity contribution < 1.29 is 8.78 Å². The van der Waals surface area contributed by atoms with Gasteiger partial charge in [0, 0.05) is 17.6 Å². The van der Waals surface area contributed by atoms with Crippen LogP contribution >= 0.6 is 0 Å². The Morgan fingerprint density at radius 3 is 2.53 bits per heavy atom. The predicted molar refractivity (Wildman–Crippen MR) is 64.7 cm³/mol. The van der Waals surface area contributed by atoms with Crippen molar-refractivity contribution in [3.05, 3.63) is 47.5 Å². The van der Waals surface area contributed by atoms with Gasteiger partial charge in [0.25, 0.3) is 0 Å². The lowest BCUT2D eigenvalue weighted by Gasteiger charge is -2.24. The lowest BCUT2D eigenvalue weighted by molar-refractivity contribution is 0.404. The van der Waals surface area contributed by atoms with Gasteiger partial charge in [-0.3, -0.25) is 0 Å². The third-order valence-corrected chi connectivity index (χ3v) is 3.19. The summed E-state index contributed by atoms with van der Waals surface area (Å²) >= 11 is 0. The molecule has 2 atom stereocenters. The molecule has 2 unspecified atom stereocenters. The van der Waals surface area contributed by atoms with E-state index in [0.29, 0.717) is 6.04 Å². The van der Waals surface area contributed by atoms with Gasteiger partial charge in [-0.25, -0.2) is 8.78 Å². The van der Waals surface area contributed by atoms with E-state index in [0.717, 1.165) is 19.3 Å². The van der Waals surface area contributed by atoms with Crippen LogP contribution in [0.15, 0.2) is 30.4 Å². The number of hydrogen-bond acceptors (Lipinski definition) is 1. The molecule has 3 heteroatoms. The minimum absolute atomic E-state index is 0.141. The number of hydrogen-bond donors (Lipinski definition) is 1. The Balaban J connectivity index is 2.08. The van der Waals surface area contributed by atoms with Crippen LogP contribution in [0.5, 0.6) is 0 Å². The number of nitrogens with one attached hydrogen (secondary N) is 1. The fourth-order valence-corrected chi connectivity index (χ4v) is 2.31. The first-order valence-corrected chi connectivity index (χ1v) is 6.03. The van der Waals surface area contributed by atoms with E-state index in [-0.39, 0.29) is 11.6 Å². The number of rotatable bonds is 3. The van der Waals surface area contributed by atoms with Gasteiger partial charge in [0.05, 0.1) is 0 Å². The summed E-state index contributed by atoms with van der Waals surface area (Å²) in [7, 11) is 0. The predicted octanol–water partition coefficient (Wildman–Crippen LogP) is 3.72. The van der Waals surface area contributed by atoms with Gasteiger partial charge in [0.2, 0.25) is 0 Å². The van der Waals surface area contributed by atoms with Crippen LogP contribution in [0.25, 0.3) is 0 Å². The van der Waals surface area contributed by atoms with Gasteiger partial charge in [0.1, 0.15) is 11.6 Å². The zero-order valence-electron chi connectivity index (χ0n) is 9.92. The lowest BCUT2D eigenvalue weighted by Crippen LogP contribution is -2.32. The molecule has 0 fully saturated rings. The van der Waals surface area contributed by atoms with E-state index in [9.17, 15) is 8.78 Å². The molecule has 2 rings (SSSR count). The van der Waals surface area contributed by atoms with E-state index >= 15 is 0 Å². The molecule has 1 aromatic carbocycles. The molecule has 0 aromatic heterocycles. The van der Waals surface area contributed by atoms with E-state index in [2.05, 4.69) is 17.5 Å². The molecule has 0 amide bonds. The Hall–Kier alpha value is -1.22. The van der Waals surface area contributed by atoms with Crippen molar-refractivity contribution in [2.75, 3.05) is 0 Å². The lowest BCUT2D eigenvalue weighted by atomic mass is 9.99.